The summed E-state index contributed by atoms with van der Waals surface area (Å²) in [6.45, 7) is 0. The molecule has 0 fully saturated rings. The minimum atomic E-state index is 0.317. The van der Waals surface area contributed by atoms with Crippen molar-refractivity contribution >= 4 is 91.6 Å². The van der Waals surface area contributed by atoms with Gasteiger partial charge in [-0.15, -0.1) is 0 Å². The molecular formula is C34H26Cl2N14O. The van der Waals surface area contributed by atoms with Gasteiger partial charge in [0.1, 0.15) is 10.0 Å². The molecule has 0 aliphatic rings. The van der Waals surface area contributed by atoms with Crippen molar-refractivity contribution in [2.75, 3.05) is 21.3 Å². The minimum Gasteiger partial charge on any atom is -0.453 e. The summed E-state index contributed by atoms with van der Waals surface area (Å²) in [5.74, 6) is 2.41. The van der Waals surface area contributed by atoms with Gasteiger partial charge in [0.25, 0.3) is 0 Å². The predicted molar refractivity (Wildman–Crippen MR) is 197 cm³/mol. The van der Waals surface area contributed by atoms with Crippen LogP contribution in [0.3, 0.4) is 0 Å². The van der Waals surface area contributed by atoms with E-state index in [0.717, 1.165) is 22.1 Å². The summed E-state index contributed by atoms with van der Waals surface area (Å²) in [5.41, 5.74) is 4.16. The second-order valence-electron chi connectivity index (χ2n) is 11.2. The molecule has 252 valence electrons. The van der Waals surface area contributed by atoms with Gasteiger partial charge in [-0.2, -0.15) is 20.2 Å². The number of nitrogens with zero attached hydrogens (tertiary/aromatic N) is 10. The van der Waals surface area contributed by atoms with Gasteiger partial charge in [0.2, 0.25) is 11.9 Å². The number of fused-ring (bicyclic) bond motifs is 2. The Morgan fingerprint density at radius 3 is 1.47 bits per heavy atom. The highest BCUT2D eigenvalue weighted by atomic mass is 35.5. The number of aryl methyl sites for hydroxylation is 2. The van der Waals surface area contributed by atoms with Crippen molar-refractivity contribution in [2.24, 2.45) is 14.1 Å². The Morgan fingerprint density at radius 2 is 1.00 bits per heavy atom. The Kier molecular flexibility index (Phi) is 8.31. The van der Waals surface area contributed by atoms with Crippen molar-refractivity contribution in [3.05, 3.63) is 108 Å². The molecule has 0 aliphatic heterocycles. The molecule has 0 saturated carbocycles. The summed E-state index contributed by atoms with van der Waals surface area (Å²) in [7, 11) is 3.68. The number of hydrogen-bond donors (Lipinski definition) is 4. The number of anilines is 8. The van der Waals surface area contributed by atoms with Crippen LogP contribution in [0.1, 0.15) is 0 Å². The van der Waals surface area contributed by atoms with E-state index < -0.39 is 0 Å². The molecule has 0 unspecified atom stereocenters. The van der Waals surface area contributed by atoms with Crippen molar-refractivity contribution in [1.82, 2.24) is 49.5 Å². The van der Waals surface area contributed by atoms with E-state index in [9.17, 15) is 0 Å². The number of hydrogen-bond acceptors (Lipinski definition) is 13. The van der Waals surface area contributed by atoms with E-state index in [2.05, 4.69) is 61.4 Å². The fourth-order valence-electron chi connectivity index (χ4n) is 5.20. The maximum Gasteiger partial charge on any atom is 0.229 e. The third-order valence-corrected chi connectivity index (χ3v) is 8.20. The number of aromatic nitrogens is 10. The number of benzene rings is 2. The molecule has 2 aromatic carbocycles. The van der Waals surface area contributed by atoms with E-state index >= 15 is 0 Å². The van der Waals surface area contributed by atoms with Gasteiger partial charge in [0, 0.05) is 24.9 Å². The molecule has 6 heterocycles. The molecule has 17 heteroatoms. The highest BCUT2D eigenvalue weighted by Crippen LogP contribution is 2.38. The monoisotopic (exact) mass is 716 g/mol. The number of pyridine rings is 2. The molecule has 0 aliphatic carbocycles. The van der Waals surface area contributed by atoms with Crippen LogP contribution in [0.15, 0.2) is 97.8 Å². The zero-order valence-corrected chi connectivity index (χ0v) is 28.4. The second-order valence-corrected chi connectivity index (χ2v) is 12.0. The van der Waals surface area contributed by atoms with Gasteiger partial charge in [-0.05, 0) is 36.4 Å². The summed E-state index contributed by atoms with van der Waals surface area (Å²) in [6, 6.07) is 18.7. The molecule has 4 N–H and O–H groups in total. The van der Waals surface area contributed by atoms with Crippen LogP contribution < -0.4 is 26.0 Å². The number of ether oxygens (including phenoxy) is 1. The lowest BCUT2D eigenvalue weighted by atomic mass is 10.2. The van der Waals surface area contributed by atoms with Gasteiger partial charge >= 0.3 is 0 Å². The van der Waals surface area contributed by atoms with Gasteiger partial charge in [-0.25, -0.2) is 19.9 Å². The number of halogens is 2. The van der Waals surface area contributed by atoms with Crippen LogP contribution in [0.4, 0.5) is 46.3 Å². The Hall–Kier alpha value is -6.58. The van der Waals surface area contributed by atoms with Crippen LogP contribution in [-0.2, 0) is 14.1 Å². The quantitative estimate of drug-likeness (QED) is 0.108. The number of nitrogens with one attached hydrogen (secondary N) is 4. The maximum absolute atomic E-state index is 6.54. The summed E-state index contributed by atoms with van der Waals surface area (Å²) >= 11 is 13.1. The van der Waals surface area contributed by atoms with Crippen LogP contribution in [-0.4, -0.2) is 49.5 Å². The molecular weight excluding hydrogens is 691 g/mol. The Labute approximate surface area is 299 Å². The first-order valence-corrected chi connectivity index (χ1v) is 16.2. The normalized spacial score (nSPS) is 11.1. The average Bonchev–Trinajstić information content (AvgIpc) is 3.70. The summed E-state index contributed by atoms with van der Waals surface area (Å²) in [5, 5.41) is 23.8. The van der Waals surface area contributed by atoms with Crippen LogP contribution in [0.5, 0.6) is 11.5 Å². The first kappa shape index (κ1) is 31.7. The molecule has 15 nitrogen and oxygen atoms in total. The lowest BCUT2D eigenvalue weighted by molar-refractivity contribution is 0.487. The summed E-state index contributed by atoms with van der Waals surface area (Å²) in [4.78, 5) is 26.8. The smallest absolute Gasteiger partial charge is 0.229 e. The molecule has 6 aromatic heterocycles. The van der Waals surface area contributed by atoms with Gasteiger partial charge in [-0.1, -0.05) is 47.5 Å². The molecule has 8 rings (SSSR count). The van der Waals surface area contributed by atoms with Crippen molar-refractivity contribution in [3.63, 3.8) is 0 Å². The maximum atomic E-state index is 6.54. The van der Waals surface area contributed by atoms with Crippen molar-refractivity contribution < 1.29 is 4.74 Å². The van der Waals surface area contributed by atoms with Gasteiger partial charge < -0.3 is 26.0 Å². The van der Waals surface area contributed by atoms with E-state index in [4.69, 9.17) is 27.9 Å². The second kappa shape index (κ2) is 13.4. The summed E-state index contributed by atoms with van der Waals surface area (Å²) < 4.78 is 9.85. The Balaban J connectivity index is 1.01. The van der Waals surface area contributed by atoms with E-state index in [1.807, 2.05) is 74.8 Å². The number of rotatable bonds is 10. The zero-order valence-electron chi connectivity index (χ0n) is 26.9. The van der Waals surface area contributed by atoms with Crippen molar-refractivity contribution in [2.45, 2.75) is 0 Å². The van der Waals surface area contributed by atoms with Gasteiger partial charge in [0.15, 0.2) is 34.4 Å². The summed E-state index contributed by atoms with van der Waals surface area (Å²) in [6.07, 6.45) is 9.90. The SMILES string of the molecule is Cn1ncc2cc(Nc3ncc(Cl)c(Nc4ccccc4Oc4ccccc4Nc4nc(Nc5cnc6c(cnn6C)c5)ncc4Cl)n3)cnc21. The first-order valence-electron chi connectivity index (χ1n) is 15.4. The van der Waals surface area contributed by atoms with Crippen molar-refractivity contribution in [1.29, 1.82) is 0 Å². The van der Waals surface area contributed by atoms with Crippen LogP contribution in [0, 0.1) is 0 Å². The third-order valence-electron chi connectivity index (χ3n) is 7.64. The lowest BCUT2D eigenvalue weighted by Crippen LogP contribution is -2.04. The highest BCUT2D eigenvalue weighted by molar-refractivity contribution is 6.33. The van der Waals surface area contributed by atoms with Crippen LogP contribution in [0.25, 0.3) is 22.1 Å². The van der Waals surface area contributed by atoms with E-state index in [-0.39, 0.29) is 0 Å². The largest absolute Gasteiger partial charge is 0.453 e. The van der Waals surface area contributed by atoms with E-state index in [1.165, 1.54) is 12.4 Å². The zero-order chi connectivity index (χ0) is 34.9. The third kappa shape index (κ3) is 6.70. The molecule has 0 radical (unpaired) electrons. The molecule has 0 spiro atoms. The highest BCUT2D eigenvalue weighted by Gasteiger charge is 2.15. The molecule has 0 atom stereocenters. The van der Waals surface area contributed by atoms with E-state index in [0.29, 0.717) is 67.8 Å². The Bertz CT molecular complexity index is 2380. The average molecular weight is 718 g/mol. The lowest BCUT2D eigenvalue weighted by Gasteiger charge is -2.17. The molecule has 0 amide bonds. The number of para-hydroxylation sites is 4. The Morgan fingerprint density at radius 1 is 0.549 bits per heavy atom. The first-order chi connectivity index (χ1) is 24.9. The standard InChI is InChI=1S/C34H26Cl2N14O/c1-49-31-19(13-41-49)11-21(15-37-31)43-33-39-17-23(35)29(47-33)45-25-7-3-5-9-27(25)51-28-10-6-4-8-26(28)46-30-24(36)18-40-34(48-30)44-22-12-20-14-42-50(2)32(20)38-16-22/h3-18H,1-2H3,(H2,39,43,45,47)(H2,40,44,46,48). The fraction of sp³-hybridized carbons (Fsp3) is 0.0588. The molecule has 0 saturated heterocycles. The molecule has 51 heavy (non-hydrogen) atoms. The fourth-order valence-corrected chi connectivity index (χ4v) is 5.48. The van der Waals surface area contributed by atoms with Crippen molar-refractivity contribution in [3.8, 4) is 11.5 Å². The topological polar surface area (TPSA) is 170 Å². The van der Waals surface area contributed by atoms with E-state index in [1.54, 1.807) is 34.2 Å². The molecule has 0 bridgehead atoms. The van der Waals surface area contributed by atoms with Gasteiger partial charge in [-0.3, -0.25) is 9.36 Å². The minimum absolute atomic E-state index is 0.317. The van der Waals surface area contributed by atoms with Crippen LogP contribution >= 0.6 is 23.2 Å². The van der Waals surface area contributed by atoms with Crippen LogP contribution in [0.2, 0.25) is 10.0 Å². The predicted octanol–water partition coefficient (Wildman–Crippen LogP) is 7.90. The molecule has 8 aromatic rings. The van der Waals surface area contributed by atoms with Gasteiger partial charge in [0.05, 0.1) is 59.9 Å².